The molecule has 0 spiro atoms. The smallest absolute Gasteiger partial charge is 0.0455 e. The van der Waals surface area contributed by atoms with Gasteiger partial charge in [-0.3, -0.25) is 4.98 Å². The Morgan fingerprint density at radius 1 is 1.50 bits per heavy atom. The number of pyridine rings is 1. The van der Waals surface area contributed by atoms with Crippen LogP contribution < -0.4 is 0 Å². The van der Waals surface area contributed by atoms with Crippen LogP contribution >= 0.6 is 0 Å². The molecule has 0 aromatic carbocycles. The van der Waals surface area contributed by atoms with E-state index < -0.39 is 0 Å². The van der Waals surface area contributed by atoms with Gasteiger partial charge in [0.1, 0.15) is 0 Å². The summed E-state index contributed by atoms with van der Waals surface area (Å²) in [6.45, 7) is 6.26. The van der Waals surface area contributed by atoms with Crippen molar-refractivity contribution in [2.75, 3.05) is 0 Å². The van der Waals surface area contributed by atoms with E-state index in [9.17, 15) is 0 Å². The summed E-state index contributed by atoms with van der Waals surface area (Å²) in [6, 6.07) is 2.06. The molecule has 1 aromatic rings. The number of hydrogen-bond donors (Lipinski definition) is 0. The molecule has 0 saturated carbocycles. The number of aromatic nitrogens is 1. The fraction of sp³-hybridized carbons (Fsp3) is 0.364. The van der Waals surface area contributed by atoms with Gasteiger partial charge in [0.2, 0.25) is 0 Å². The third-order valence-electron chi connectivity index (χ3n) is 1.88. The zero-order chi connectivity index (χ0) is 9.14. The van der Waals surface area contributed by atoms with Crippen molar-refractivity contribution in [3.8, 4) is 12.3 Å². The van der Waals surface area contributed by atoms with Crippen LogP contribution in [0.2, 0.25) is 0 Å². The number of nitrogens with zero attached hydrogens (tertiary/aromatic N) is 1. The van der Waals surface area contributed by atoms with Crippen molar-refractivity contribution in [1.29, 1.82) is 0 Å². The molecule has 0 aliphatic heterocycles. The van der Waals surface area contributed by atoms with Crippen molar-refractivity contribution in [2.24, 2.45) is 0 Å². The first-order valence-corrected chi connectivity index (χ1v) is 4.08. The van der Waals surface area contributed by atoms with Gasteiger partial charge in [0.15, 0.2) is 0 Å². The van der Waals surface area contributed by atoms with Crippen molar-refractivity contribution in [2.45, 2.75) is 26.7 Å². The van der Waals surface area contributed by atoms with Gasteiger partial charge in [-0.2, -0.15) is 0 Å². The van der Waals surface area contributed by atoms with Crippen molar-refractivity contribution in [1.82, 2.24) is 4.98 Å². The summed E-state index contributed by atoms with van der Waals surface area (Å²) < 4.78 is 0. The molecule has 0 aliphatic carbocycles. The van der Waals surface area contributed by atoms with E-state index in [1.54, 1.807) is 6.20 Å². The van der Waals surface area contributed by atoms with E-state index in [0.29, 0.717) is 5.92 Å². The number of hydrogen-bond acceptors (Lipinski definition) is 1. The Morgan fingerprint density at radius 2 is 2.17 bits per heavy atom. The summed E-state index contributed by atoms with van der Waals surface area (Å²) in [5.41, 5.74) is 3.13. The van der Waals surface area contributed by atoms with Gasteiger partial charge in [-0.25, -0.2) is 0 Å². The molecule has 12 heavy (non-hydrogen) atoms. The van der Waals surface area contributed by atoms with Crippen molar-refractivity contribution in [3.63, 3.8) is 0 Å². The van der Waals surface area contributed by atoms with Crippen LogP contribution in [-0.2, 0) is 0 Å². The Morgan fingerprint density at radius 3 is 2.58 bits per heavy atom. The maximum Gasteiger partial charge on any atom is 0.0455 e. The first-order valence-electron chi connectivity index (χ1n) is 4.08. The fourth-order valence-electron chi connectivity index (χ4n) is 1.04. The minimum atomic E-state index is 0.468. The van der Waals surface area contributed by atoms with E-state index in [0.717, 1.165) is 16.8 Å². The predicted octanol–water partition coefficient (Wildman–Crippen LogP) is 2.49. The van der Waals surface area contributed by atoms with E-state index in [2.05, 4.69) is 30.8 Å². The molecule has 1 nitrogen and oxygen atoms in total. The molecule has 0 atom stereocenters. The summed E-state index contributed by atoms with van der Waals surface area (Å²) >= 11 is 0. The maximum absolute atomic E-state index is 5.29. The van der Waals surface area contributed by atoms with E-state index in [4.69, 9.17) is 6.42 Å². The quantitative estimate of drug-likeness (QED) is 0.574. The van der Waals surface area contributed by atoms with Crippen LogP contribution in [-0.4, -0.2) is 4.98 Å². The number of rotatable bonds is 1. The zero-order valence-corrected chi connectivity index (χ0v) is 7.76. The van der Waals surface area contributed by atoms with E-state index in [-0.39, 0.29) is 0 Å². The first kappa shape index (κ1) is 8.80. The lowest BCUT2D eigenvalue weighted by Gasteiger charge is -2.05. The van der Waals surface area contributed by atoms with Gasteiger partial charge in [-0.1, -0.05) is 19.8 Å². The van der Waals surface area contributed by atoms with Crippen LogP contribution in [0.25, 0.3) is 0 Å². The molecule has 1 aromatic heterocycles. The highest BCUT2D eigenvalue weighted by molar-refractivity contribution is 5.38. The molecule has 0 unspecified atom stereocenters. The second kappa shape index (κ2) is 3.40. The fourth-order valence-corrected chi connectivity index (χ4v) is 1.04. The van der Waals surface area contributed by atoms with Crippen molar-refractivity contribution < 1.29 is 0 Å². The minimum absolute atomic E-state index is 0.468. The summed E-state index contributed by atoms with van der Waals surface area (Å²) in [7, 11) is 0. The lowest BCUT2D eigenvalue weighted by atomic mass is 10.1. The second-order valence-electron chi connectivity index (χ2n) is 3.22. The van der Waals surface area contributed by atoms with Crippen LogP contribution in [0.5, 0.6) is 0 Å². The van der Waals surface area contributed by atoms with E-state index in [1.807, 2.05) is 6.92 Å². The van der Waals surface area contributed by atoms with E-state index >= 15 is 0 Å². The lowest BCUT2D eigenvalue weighted by molar-refractivity contribution is 0.820. The number of aryl methyl sites for hydroxylation is 1. The largest absolute Gasteiger partial charge is 0.260 e. The highest BCUT2D eigenvalue weighted by Crippen LogP contribution is 2.14. The molecule has 62 valence electrons. The van der Waals surface area contributed by atoms with Crippen LogP contribution in [0.3, 0.4) is 0 Å². The monoisotopic (exact) mass is 159 g/mol. The summed E-state index contributed by atoms with van der Waals surface area (Å²) in [4.78, 5) is 4.27. The van der Waals surface area contributed by atoms with Gasteiger partial charge in [-0.05, 0) is 24.5 Å². The standard InChI is InChI=1S/C11H13N/c1-5-10-7-12-11(8(2)3)6-9(10)4/h1,6-8H,2-4H3. The Labute approximate surface area is 73.8 Å². The molecular weight excluding hydrogens is 146 g/mol. The summed E-state index contributed by atoms with van der Waals surface area (Å²) in [5.74, 6) is 3.07. The maximum atomic E-state index is 5.29. The van der Waals surface area contributed by atoms with Crippen molar-refractivity contribution >= 4 is 0 Å². The molecule has 1 heterocycles. The Hall–Kier alpha value is -1.29. The van der Waals surface area contributed by atoms with Crippen molar-refractivity contribution in [3.05, 3.63) is 29.1 Å². The highest BCUT2D eigenvalue weighted by atomic mass is 14.7. The molecule has 0 N–H and O–H groups in total. The van der Waals surface area contributed by atoms with Crippen LogP contribution in [0.15, 0.2) is 12.3 Å². The van der Waals surface area contributed by atoms with Gasteiger partial charge in [0.05, 0.1) is 0 Å². The predicted molar refractivity (Wildman–Crippen MR) is 51.0 cm³/mol. The molecule has 1 heteroatoms. The average Bonchev–Trinajstić information content (AvgIpc) is 2.04. The normalized spacial score (nSPS) is 9.92. The summed E-state index contributed by atoms with van der Waals surface area (Å²) in [5, 5.41) is 0. The minimum Gasteiger partial charge on any atom is -0.260 e. The SMILES string of the molecule is C#Cc1cnc(C(C)C)cc1C. The molecule has 0 fully saturated rings. The third kappa shape index (κ3) is 1.65. The van der Waals surface area contributed by atoms with Gasteiger partial charge >= 0.3 is 0 Å². The Balaban J connectivity index is 3.12. The van der Waals surface area contributed by atoms with Crippen LogP contribution in [0.1, 0.15) is 36.6 Å². The zero-order valence-electron chi connectivity index (χ0n) is 7.76. The molecule has 0 bridgehead atoms. The molecule has 0 amide bonds. The Kier molecular flexibility index (Phi) is 2.50. The molecule has 0 radical (unpaired) electrons. The van der Waals surface area contributed by atoms with Gasteiger partial charge in [0.25, 0.3) is 0 Å². The summed E-state index contributed by atoms with van der Waals surface area (Å²) in [6.07, 6.45) is 7.06. The Bertz CT molecular complexity index is 318. The van der Waals surface area contributed by atoms with E-state index in [1.165, 1.54) is 0 Å². The lowest BCUT2D eigenvalue weighted by Crippen LogP contribution is -1.94. The third-order valence-corrected chi connectivity index (χ3v) is 1.88. The first-order chi connectivity index (χ1) is 5.65. The van der Waals surface area contributed by atoms with Crippen LogP contribution in [0, 0.1) is 19.3 Å². The number of terminal acetylenes is 1. The highest BCUT2D eigenvalue weighted by Gasteiger charge is 2.02. The molecule has 0 aliphatic rings. The second-order valence-corrected chi connectivity index (χ2v) is 3.22. The molecule has 1 rings (SSSR count). The topological polar surface area (TPSA) is 12.9 Å². The van der Waals surface area contributed by atoms with Gasteiger partial charge in [-0.15, -0.1) is 6.42 Å². The van der Waals surface area contributed by atoms with Gasteiger partial charge < -0.3 is 0 Å². The molecular formula is C11H13N. The van der Waals surface area contributed by atoms with Crippen LogP contribution in [0.4, 0.5) is 0 Å². The van der Waals surface area contributed by atoms with Gasteiger partial charge in [0, 0.05) is 17.5 Å². The average molecular weight is 159 g/mol. The molecule has 0 saturated heterocycles.